The summed E-state index contributed by atoms with van der Waals surface area (Å²) < 4.78 is 0.788. The summed E-state index contributed by atoms with van der Waals surface area (Å²) in [4.78, 5) is 4.40. The number of nitrogens with zero attached hydrogens (tertiary/aromatic N) is 3. The van der Waals surface area contributed by atoms with E-state index >= 15 is 0 Å². The number of rotatable bonds is 3. The zero-order valence-electron chi connectivity index (χ0n) is 11.4. The van der Waals surface area contributed by atoms with Gasteiger partial charge in [-0.25, -0.2) is 9.99 Å². The average Bonchev–Trinajstić information content (AvgIpc) is 2.39. The summed E-state index contributed by atoms with van der Waals surface area (Å²) in [5.74, 6) is 0.905. The van der Waals surface area contributed by atoms with Crippen LogP contribution in [0.2, 0.25) is 0 Å². The van der Waals surface area contributed by atoms with Crippen molar-refractivity contribution in [2.24, 2.45) is 5.10 Å². The molecule has 0 saturated heterocycles. The fourth-order valence-corrected chi connectivity index (χ4v) is 2.35. The van der Waals surface area contributed by atoms with Gasteiger partial charge >= 0.3 is 0 Å². The van der Waals surface area contributed by atoms with E-state index < -0.39 is 0 Å². The molecule has 0 atom stereocenters. The number of aromatic nitrogens is 1. The minimum atomic E-state index is 0.325. The molecular formula is C14H16BrN5. The standard InChI is InChI=1S/C14H16BrN5/c1-4-17-20-10(3)18-9(2)12(14(20)16)8-11-6-5-7-13(15)19-11/h4-7,16,18H,3,8H2,1-2H3/b16-14?,17-4-. The van der Waals surface area contributed by atoms with Crippen molar-refractivity contribution in [1.29, 1.82) is 5.41 Å². The summed E-state index contributed by atoms with van der Waals surface area (Å²) in [6.45, 7) is 7.61. The molecule has 0 radical (unpaired) electrons. The molecule has 1 aliphatic rings. The highest BCUT2D eigenvalue weighted by atomic mass is 79.9. The van der Waals surface area contributed by atoms with Crippen molar-refractivity contribution in [3.05, 3.63) is 52.2 Å². The SMILES string of the molecule is C=C1NC(C)=C(Cc2cccc(Br)n2)C(=N)N1/N=C\C. The van der Waals surface area contributed by atoms with Crippen LogP contribution < -0.4 is 5.32 Å². The van der Waals surface area contributed by atoms with E-state index in [1.54, 1.807) is 13.1 Å². The summed E-state index contributed by atoms with van der Waals surface area (Å²) in [6.07, 6.45) is 2.21. The molecule has 0 unspecified atom stereocenters. The number of pyridine rings is 1. The Hall–Kier alpha value is -1.95. The van der Waals surface area contributed by atoms with Crippen molar-refractivity contribution in [2.45, 2.75) is 20.3 Å². The summed E-state index contributed by atoms with van der Waals surface area (Å²) >= 11 is 3.36. The van der Waals surface area contributed by atoms with Gasteiger partial charge in [0.2, 0.25) is 0 Å². The van der Waals surface area contributed by atoms with Crippen molar-refractivity contribution in [3.8, 4) is 0 Å². The molecule has 0 amide bonds. The molecule has 2 heterocycles. The summed E-state index contributed by atoms with van der Waals surface area (Å²) in [5, 5.41) is 17.1. The van der Waals surface area contributed by atoms with Crippen LogP contribution in [0.4, 0.5) is 0 Å². The predicted molar refractivity (Wildman–Crippen MR) is 84.3 cm³/mol. The number of allylic oxidation sites excluding steroid dienone is 1. The molecule has 5 nitrogen and oxygen atoms in total. The molecule has 0 fully saturated rings. The zero-order valence-corrected chi connectivity index (χ0v) is 13.0. The summed E-state index contributed by atoms with van der Waals surface area (Å²) in [5.41, 5.74) is 2.66. The van der Waals surface area contributed by atoms with Crippen molar-refractivity contribution < 1.29 is 0 Å². The Bertz CT molecular complexity index is 618. The Morgan fingerprint density at radius 2 is 2.30 bits per heavy atom. The molecule has 1 aromatic rings. The topological polar surface area (TPSA) is 64.4 Å². The van der Waals surface area contributed by atoms with Crippen LogP contribution in [0, 0.1) is 5.41 Å². The van der Waals surface area contributed by atoms with Crippen LogP contribution in [0.25, 0.3) is 0 Å². The van der Waals surface area contributed by atoms with E-state index in [-0.39, 0.29) is 0 Å². The van der Waals surface area contributed by atoms with Crippen LogP contribution in [0.5, 0.6) is 0 Å². The number of hydrogen-bond acceptors (Lipinski definition) is 4. The van der Waals surface area contributed by atoms with Gasteiger partial charge in [0, 0.05) is 29.6 Å². The van der Waals surface area contributed by atoms with Gasteiger partial charge in [-0.1, -0.05) is 12.6 Å². The Kier molecular flexibility index (Phi) is 4.34. The molecule has 1 aliphatic heterocycles. The first kappa shape index (κ1) is 14.5. The quantitative estimate of drug-likeness (QED) is 0.660. The van der Waals surface area contributed by atoms with E-state index in [9.17, 15) is 0 Å². The van der Waals surface area contributed by atoms with Crippen LogP contribution in [0.1, 0.15) is 19.5 Å². The molecule has 2 rings (SSSR count). The number of hydrogen-bond donors (Lipinski definition) is 2. The fraction of sp³-hybridized carbons (Fsp3) is 0.214. The van der Waals surface area contributed by atoms with Gasteiger partial charge in [0.15, 0.2) is 5.84 Å². The summed E-state index contributed by atoms with van der Waals surface area (Å²) in [7, 11) is 0. The van der Waals surface area contributed by atoms with Gasteiger partial charge in [-0.3, -0.25) is 5.41 Å². The van der Waals surface area contributed by atoms with Gasteiger partial charge in [0.25, 0.3) is 0 Å². The van der Waals surface area contributed by atoms with Gasteiger partial charge in [-0.15, -0.1) is 0 Å². The maximum atomic E-state index is 8.28. The van der Waals surface area contributed by atoms with E-state index in [1.807, 2.05) is 25.1 Å². The Morgan fingerprint density at radius 1 is 1.55 bits per heavy atom. The van der Waals surface area contributed by atoms with Crippen LogP contribution in [-0.4, -0.2) is 22.0 Å². The normalized spacial score (nSPS) is 16.1. The van der Waals surface area contributed by atoms with Gasteiger partial charge in [-0.2, -0.15) is 5.10 Å². The lowest BCUT2D eigenvalue weighted by Gasteiger charge is -2.30. The Balaban J connectivity index is 2.32. The molecule has 0 aliphatic carbocycles. The fourth-order valence-electron chi connectivity index (χ4n) is 1.97. The second-order valence-corrected chi connectivity index (χ2v) is 5.15. The number of amidine groups is 1. The summed E-state index contributed by atoms with van der Waals surface area (Å²) in [6, 6.07) is 5.75. The Labute approximate surface area is 126 Å². The lowest BCUT2D eigenvalue weighted by atomic mass is 10.0. The molecule has 20 heavy (non-hydrogen) atoms. The Morgan fingerprint density at radius 3 is 2.95 bits per heavy atom. The smallest absolute Gasteiger partial charge is 0.153 e. The molecule has 1 aromatic heterocycles. The second-order valence-electron chi connectivity index (χ2n) is 4.34. The molecule has 0 spiro atoms. The third kappa shape index (κ3) is 2.96. The lowest BCUT2D eigenvalue weighted by Crippen LogP contribution is -2.39. The van der Waals surface area contributed by atoms with E-state index in [1.165, 1.54) is 5.01 Å². The minimum Gasteiger partial charge on any atom is -0.344 e. The minimum absolute atomic E-state index is 0.325. The van der Waals surface area contributed by atoms with E-state index in [0.717, 1.165) is 21.6 Å². The van der Waals surface area contributed by atoms with E-state index in [0.29, 0.717) is 18.1 Å². The van der Waals surface area contributed by atoms with Crippen LogP contribution in [0.15, 0.2) is 51.6 Å². The highest BCUT2D eigenvalue weighted by Gasteiger charge is 2.24. The van der Waals surface area contributed by atoms with Gasteiger partial charge in [-0.05, 0) is 41.9 Å². The molecule has 0 aromatic carbocycles. The maximum absolute atomic E-state index is 8.28. The average molecular weight is 334 g/mol. The number of nitrogens with one attached hydrogen (secondary N) is 2. The van der Waals surface area contributed by atoms with Crippen molar-refractivity contribution in [3.63, 3.8) is 0 Å². The maximum Gasteiger partial charge on any atom is 0.153 e. The highest BCUT2D eigenvalue weighted by Crippen LogP contribution is 2.21. The third-order valence-corrected chi connectivity index (χ3v) is 3.34. The molecular weight excluding hydrogens is 318 g/mol. The van der Waals surface area contributed by atoms with Crippen LogP contribution >= 0.6 is 15.9 Å². The van der Waals surface area contributed by atoms with Crippen LogP contribution in [0.3, 0.4) is 0 Å². The second kappa shape index (κ2) is 6.00. The molecule has 0 bridgehead atoms. The first-order valence-electron chi connectivity index (χ1n) is 6.17. The highest BCUT2D eigenvalue weighted by molar-refractivity contribution is 9.10. The monoisotopic (exact) mass is 333 g/mol. The van der Waals surface area contributed by atoms with E-state index in [2.05, 4.69) is 37.9 Å². The first-order chi connectivity index (χ1) is 9.52. The van der Waals surface area contributed by atoms with E-state index in [4.69, 9.17) is 5.41 Å². The number of hydrazone groups is 1. The van der Waals surface area contributed by atoms with Crippen molar-refractivity contribution >= 4 is 28.0 Å². The van der Waals surface area contributed by atoms with Crippen molar-refractivity contribution in [2.75, 3.05) is 0 Å². The van der Waals surface area contributed by atoms with Gasteiger partial charge in [0.05, 0.1) is 0 Å². The molecule has 6 heteroatoms. The molecule has 2 N–H and O–H groups in total. The third-order valence-electron chi connectivity index (χ3n) is 2.90. The van der Waals surface area contributed by atoms with Gasteiger partial charge in [0.1, 0.15) is 10.4 Å². The lowest BCUT2D eigenvalue weighted by molar-refractivity contribution is 0.496. The first-order valence-corrected chi connectivity index (χ1v) is 6.97. The zero-order chi connectivity index (χ0) is 14.7. The number of halogens is 1. The largest absolute Gasteiger partial charge is 0.344 e. The van der Waals surface area contributed by atoms with Crippen LogP contribution in [-0.2, 0) is 6.42 Å². The molecule has 0 saturated carbocycles. The van der Waals surface area contributed by atoms with Crippen molar-refractivity contribution in [1.82, 2.24) is 15.3 Å². The predicted octanol–water partition coefficient (Wildman–Crippen LogP) is 3.02. The van der Waals surface area contributed by atoms with Gasteiger partial charge < -0.3 is 5.32 Å². The molecule has 104 valence electrons.